The first-order chi connectivity index (χ1) is 12.7. The maximum atomic E-state index is 13.2. The molecule has 1 aromatic carbocycles. The summed E-state index contributed by atoms with van der Waals surface area (Å²) in [4.78, 5) is 19.2. The van der Waals surface area contributed by atoms with Gasteiger partial charge in [0.05, 0.1) is 11.3 Å². The molecule has 148 valence electrons. The summed E-state index contributed by atoms with van der Waals surface area (Å²) in [6, 6.07) is 13.8. The maximum Gasteiger partial charge on any atom is 0.257 e. The van der Waals surface area contributed by atoms with Gasteiger partial charge in [-0.1, -0.05) is 18.2 Å². The third-order valence-corrected chi connectivity index (χ3v) is 4.80. The van der Waals surface area contributed by atoms with Crippen LogP contribution in [0.15, 0.2) is 61.1 Å². The Morgan fingerprint density at radius 1 is 1.18 bits per heavy atom. The van der Waals surface area contributed by atoms with Crippen molar-refractivity contribution in [1.82, 2.24) is 25.0 Å². The minimum atomic E-state index is -0.0141. The van der Waals surface area contributed by atoms with Crippen LogP contribution >= 0.6 is 24.8 Å². The zero-order valence-electron chi connectivity index (χ0n) is 15.5. The van der Waals surface area contributed by atoms with Gasteiger partial charge in [0.15, 0.2) is 0 Å². The van der Waals surface area contributed by atoms with Crippen molar-refractivity contribution in [1.29, 1.82) is 0 Å². The van der Waals surface area contributed by atoms with Gasteiger partial charge in [-0.2, -0.15) is 5.10 Å². The first-order valence-corrected chi connectivity index (χ1v) is 8.77. The first kappa shape index (κ1) is 21.9. The standard InChI is InChI=1S/C20H21N5O.2ClH/c1-24(17-9-11-22-13-17)20(26)18-14-25(16-7-3-2-4-8-16)23-19(18)15-6-5-10-21-12-15;;/h2-8,10,12,14,17,22H,9,11,13H2,1H3;2*1H. The molecule has 4 rings (SSSR count). The van der Waals surface area contributed by atoms with Gasteiger partial charge in [0.2, 0.25) is 0 Å². The fourth-order valence-corrected chi connectivity index (χ4v) is 3.29. The van der Waals surface area contributed by atoms with Crippen LogP contribution in [0.5, 0.6) is 0 Å². The third kappa shape index (κ3) is 4.35. The van der Waals surface area contributed by atoms with E-state index < -0.39 is 0 Å². The zero-order chi connectivity index (χ0) is 17.9. The number of aromatic nitrogens is 3. The van der Waals surface area contributed by atoms with Gasteiger partial charge >= 0.3 is 0 Å². The Kier molecular flexibility index (Phi) is 7.57. The van der Waals surface area contributed by atoms with Crippen LogP contribution in [0, 0.1) is 0 Å². The molecular formula is C20H23Cl2N5O. The molecule has 2 aromatic heterocycles. The lowest BCUT2D eigenvalue weighted by atomic mass is 10.1. The normalized spacial score (nSPS) is 15.4. The van der Waals surface area contributed by atoms with Crippen LogP contribution < -0.4 is 5.32 Å². The van der Waals surface area contributed by atoms with Crippen molar-refractivity contribution in [2.75, 3.05) is 20.1 Å². The summed E-state index contributed by atoms with van der Waals surface area (Å²) >= 11 is 0. The minimum absolute atomic E-state index is 0. The Hall–Kier alpha value is -2.41. The summed E-state index contributed by atoms with van der Waals surface area (Å²) < 4.78 is 1.76. The summed E-state index contributed by atoms with van der Waals surface area (Å²) in [5.74, 6) is -0.0141. The van der Waals surface area contributed by atoms with Crippen LogP contribution in [0.25, 0.3) is 16.9 Å². The first-order valence-electron chi connectivity index (χ1n) is 8.77. The van der Waals surface area contributed by atoms with E-state index in [1.807, 2.05) is 60.6 Å². The summed E-state index contributed by atoms with van der Waals surface area (Å²) in [6.07, 6.45) is 6.25. The van der Waals surface area contributed by atoms with E-state index in [-0.39, 0.29) is 36.8 Å². The molecule has 1 saturated heterocycles. The van der Waals surface area contributed by atoms with Crippen molar-refractivity contribution in [3.05, 3.63) is 66.6 Å². The molecule has 1 unspecified atom stereocenters. The van der Waals surface area contributed by atoms with Crippen LogP contribution in [-0.2, 0) is 0 Å². The molecule has 6 nitrogen and oxygen atoms in total. The van der Waals surface area contributed by atoms with Gasteiger partial charge < -0.3 is 10.2 Å². The Morgan fingerprint density at radius 3 is 2.61 bits per heavy atom. The molecule has 3 aromatic rings. The number of hydrogen-bond donors (Lipinski definition) is 1. The lowest BCUT2D eigenvalue weighted by molar-refractivity contribution is 0.0744. The third-order valence-electron chi connectivity index (χ3n) is 4.80. The molecular weight excluding hydrogens is 397 g/mol. The molecule has 0 saturated carbocycles. The number of nitrogens with one attached hydrogen (secondary N) is 1. The van der Waals surface area contributed by atoms with Crippen molar-refractivity contribution >= 4 is 30.7 Å². The van der Waals surface area contributed by atoms with Crippen LogP contribution in [-0.4, -0.2) is 51.8 Å². The van der Waals surface area contributed by atoms with Gasteiger partial charge in [-0.3, -0.25) is 9.78 Å². The predicted octanol–water partition coefficient (Wildman–Crippen LogP) is 3.21. The molecule has 1 aliphatic rings. The number of amides is 1. The second-order valence-corrected chi connectivity index (χ2v) is 6.48. The topological polar surface area (TPSA) is 63.1 Å². The molecule has 0 spiro atoms. The van der Waals surface area contributed by atoms with Crippen molar-refractivity contribution in [2.24, 2.45) is 0 Å². The Balaban J connectivity index is 0.00000140. The zero-order valence-corrected chi connectivity index (χ0v) is 17.1. The van der Waals surface area contributed by atoms with Crippen LogP contribution in [0.4, 0.5) is 0 Å². The average Bonchev–Trinajstić information content (AvgIpc) is 3.38. The highest BCUT2D eigenvalue weighted by atomic mass is 35.5. The number of benzene rings is 1. The van der Waals surface area contributed by atoms with E-state index in [0.717, 1.165) is 30.8 Å². The lowest BCUT2D eigenvalue weighted by Crippen LogP contribution is -2.38. The van der Waals surface area contributed by atoms with E-state index in [0.29, 0.717) is 11.3 Å². The second-order valence-electron chi connectivity index (χ2n) is 6.48. The van der Waals surface area contributed by atoms with E-state index in [1.54, 1.807) is 17.1 Å². The Bertz CT molecular complexity index is 895. The molecule has 1 fully saturated rings. The van der Waals surface area contributed by atoms with Crippen LogP contribution in [0.1, 0.15) is 16.8 Å². The van der Waals surface area contributed by atoms with Gasteiger partial charge in [0, 0.05) is 43.8 Å². The number of pyridine rings is 1. The molecule has 1 atom stereocenters. The number of rotatable bonds is 4. The van der Waals surface area contributed by atoms with E-state index in [4.69, 9.17) is 5.10 Å². The summed E-state index contributed by atoms with van der Waals surface area (Å²) in [5.41, 5.74) is 3.01. The number of carbonyl (C=O) groups excluding carboxylic acids is 1. The number of hydrogen-bond acceptors (Lipinski definition) is 4. The minimum Gasteiger partial charge on any atom is -0.337 e. The number of nitrogens with zero attached hydrogens (tertiary/aromatic N) is 4. The van der Waals surface area contributed by atoms with Crippen LogP contribution in [0.3, 0.4) is 0 Å². The Labute approximate surface area is 176 Å². The average molecular weight is 420 g/mol. The van der Waals surface area contributed by atoms with E-state index >= 15 is 0 Å². The quantitative estimate of drug-likeness (QED) is 0.704. The second kappa shape index (κ2) is 9.68. The lowest BCUT2D eigenvalue weighted by Gasteiger charge is -2.23. The molecule has 0 radical (unpaired) electrons. The van der Waals surface area contributed by atoms with Gasteiger partial charge in [0.25, 0.3) is 5.91 Å². The van der Waals surface area contributed by atoms with Gasteiger partial charge in [-0.25, -0.2) is 4.68 Å². The smallest absolute Gasteiger partial charge is 0.257 e. The highest BCUT2D eigenvalue weighted by Crippen LogP contribution is 2.25. The highest BCUT2D eigenvalue weighted by Gasteiger charge is 2.27. The number of likely N-dealkylation sites (N-methyl/N-ethyl adjacent to an activating group) is 1. The molecule has 3 heterocycles. The van der Waals surface area contributed by atoms with Crippen molar-refractivity contribution in [3.8, 4) is 16.9 Å². The van der Waals surface area contributed by atoms with Crippen LogP contribution in [0.2, 0.25) is 0 Å². The molecule has 0 bridgehead atoms. The largest absolute Gasteiger partial charge is 0.337 e. The predicted molar refractivity (Wildman–Crippen MR) is 115 cm³/mol. The number of para-hydroxylation sites is 1. The van der Waals surface area contributed by atoms with Gasteiger partial charge in [-0.15, -0.1) is 24.8 Å². The Morgan fingerprint density at radius 2 is 1.96 bits per heavy atom. The fraction of sp³-hybridized carbons (Fsp3) is 0.250. The summed E-state index contributed by atoms with van der Waals surface area (Å²) in [7, 11) is 1.87. The van der Waals surface area contributed by atoms with Gasteiger partial charge in [-0.05, 0) is 37.2 Å². The van der Waals surface area contributed by atoms with E-state index in [9.17, 15) is 4.79 Å². The molecule has 1 aliphatic heterocycles. The van der Waals surface area contributed by atoms with E-state index in [2.05, 4.69) is 10.3 Å². The molecule has 28 heavy (non-hydrogen) atoms. The van der Waals surface area contributed by atoms with Crippen molar-refractivity contribution in [2.45, 2.75) is 12.5 Å². The monoisotopic (exact) mass is 419 g/mol. The maximum absolute atomic E-state index is 13.2. The van der Waals surface area contributed by atoms with Crippen molar-refractivity contribution < 1.29 is 4.79 Å². The SMILES string of the molecule is CN(C(=O)c1cn(-c2ccccc2)nc1-c1cccnc1)C1CCNC1.Cl.Cl. The molecule has 8 heteroatoms. The van der Waals surface area contributed by atoms with E-state index in [1.165, 1.54) is 0 Å². The number of halogens is 2. The molecule has 0 aliphatic carbocycles. The molecule has 1 amide bonds. The van der Waals surface area contributed by atoms with Crippen molar-refractivity contribution in [3.63, 3.8) is 0 Å². The fourth-order valence-electron chi connectivity index (χ4n) is 3.29. The number of carbonyl (C=O) groups is 1. The molecule has 1 N–H and O–H groups in total. The summed E-state index contributed by atoms with van der Waals surface area (Å²) in [5, 5.41) is 8.01. The van der Waals surface area contributed by atoms with Gasteiger partial charge in [0.1, 0.15) is 5.69 Å². The highest BCUT2D eigenvalue weighted by molar-refractivity contribution is 6.00. The summed E-state index contributed by atoms with van der Waals surface area (Å²) in [6.45, 7) is 1.78.